The van der Waals surface area contributed by atoms with E-state index in [1.54, 1.807) is 26.2 Å². The highest BCUT2D eigenvalue weighted by Gasteiger charge is 2.46. The molecular formula is C25H31F2NO4. The molecule has 0 spiro atoms. The molecular weight excluding hydrogens is 416 g/mol. The van der Waals surface area contributed by atoms with Crippen LogP contribution in [0.25, 0.3) is 0 Å². The van der Waals surface area contributed by atoms with E-state index in [9.17, 15) is 9.18 Å². The number of benzene rings is 2. The number of rotatable bonds is 6. The summed E-state index contributed by atoms with van der Waals surface area (Å²) in [5.74, 6) is -1.79. The molecule has 1 aliphatic heterocycles. The molecule has 0 N–H and O–H groups in total. The third-order valence-electron chi connectivity index (χ3n) is 5.87. The summed E-state index contributed by atoms with van der Waals surface area (Å²) in [5, 5.41) is 1.97. The molecule has 3 rings (SSSR count). The smallest absolute Gasteiger partial charge is 0.346 e. The molecule has 0 bridgehead atoms. The predicted octanol–water partition coefficient (Wildman–Crippen LogP) is 5.88. The summed E-state index contributed by atoms with van der Waals surface area (Å²) < 4.78 is 39.8. The third kappa shape index (κ3) is 4.94. The molecule has 7 heteroatoms. The summed E-state index contributed by atoms with van der Waals surface area (Å²) in [7, 11) is 1.65. The first kappa shape index (κ1) is 24.1. The van der Waals surface area contributed by atoms with Crippen molar-refractivity contribution >= 4 is 5.97 Å². The lowest BCUT2D eigenvalue weighted by atomic mass is 9.72. The number of carbonyl (C=O) groups is 1. The van der Waals surface area contributed by atoms with Gasteiger partial charge in [-0.25, -0.2) is 13.6 Å². The molecule has 1 heterocycles. The van der Waals surface area contributed by atoms with Crippen LogP contribution < -0.4 is 9.47 Å². The number of halogens is 2. The Labute approximate surface area is 188 Å². The molecule has 2 aromatic rings. The average molecular weight is 448 g/mol. The van der Waals surface area contributed by atoms with E-state index < -0.39 is 17.6 Å². The first-order chi connectivity index (χ1) is 15.0. The molecule has 0 aromatic heterocycles. The van der Waals surface area contributed by atoms with E-state index in [1.165, 1.54) is 18.2 Å². The fraction of sp³-hybridized carbons (Fsp3) is 0.480. The second kappa shape index (κ2) is 9.16. The normalized spacial score (nSPS) is 18.4. The Balaban J connectivity index is 1.78. The van der Waals surface area contributed by atoms with Gasteiger partial charge in [-0.15, -0.1) is 0 Å². The van der Waals surface area contributed by atoms with E-state index in [4.69, 9.17) is 14.3 Å². The van der Waals surface area contributed by atoms with Gasteiger partial charge in [0.05, 0.1) is 19.3 Å². The maximum absolute atomic E-state index is 15.1. The van der Waals surface area contributed by atoms with Gasteiger partial charge in [-0.1, -0.05) is 6.07 Å². The number of carbonyl (C=O) groups excluding carboxylic acids is 1. The van der Waals surface area contributed by atoms with Crippen molar-refractivity contribution in [3.63, 3.8) is 0 Å². The number of nitrogens with zero attached hydrogens (tertiary/aromatic N) is 1. The molecule has 0 saturated carbocycles. The van der Waals surface area contributed by atoms with Gasteiger partial charge in [0.25, 0.3) is 0 Å². The zero-order valence-electron chi connectivity index (χ0n) is 19.5. The van der Waals surface area contributed by atoms with Crippen LogP contribution in [0.5, 0.6) is 11.5 Å². The van der Waals surface area contributed by atoms with Crippen LogP contribution in [0.4, 0.5) is 8.78 Å². The van der Waals surface area contributed by atoms with Gasteiger partial charge in [0, 0.05) is 23.2 Å². The Morgan fingerprint density at radius 3 is 2.12 bits per heavy atom. The second-order valence-corrected chi connectivity index (χ2v) is 9.35. The van der Waals surface area contributed by atoms with E-state index >= 15 is 4.39 Å². The Hall–Kier alpha value is -2.51. The van der Waals surface area contributed by atoms with Crippen molar-refractivity contribution in [1.29, 1.82) is 0 Å². The molecule has 2 aromatic carbocycles. The van der Waals surface area contributed by atoms with Crippen LogP contribution >= 0.6 is 0 Å². The molecule has 5 nitrogen and oxygen atoms in total. The highest BCUT2D eigenvalue weighted by atomic mass is 19.1. The standard InChI is InChI=1S/C25H31F2NO4/c1-7-31-17-8-11-20(22(27)12-17)23(29)32-18-9-10-19(21(26)13-18)16-14-24(2,3)28(30-6)25(4,5)15-16/h8-13,16H,7,14-15H2,1-6H3. The largest absolute Gasteiger partial charge is 0.494 e. The van der Waals surface area contributed by atoms with Gasteiger partial charge < -0.3 is 14.3 Å². The molecule has 1 saturated heterocycles. The Morgan fingerprint density at radius 1 is 1.00 bits per heavy atom. The van der Waals surface area contributed by atoms with Crippen LogP contribution in [0, 0.1) is 11.6 Å². The van der Waals surface area contributed by atoms with Gasteiger partial charge in [0.15, 0.2) is 0 Å². The van der Waals surface area contributed by atoms with Gasteiger partial charge in [-0.2, -0.15) is 5.06 Å². The molecule has 32 heavy (non-hydrogen) atoms. The topological polar surface area (TPSA) is 48.0 Å². The van der Waals surface area contributed by atoms with E-state index in [2.05, 4.69) is 27.7 Å². The number of piperidine rings is 1. The maximum Gasteiger partial charge on any atom is 0.346 e. The first-order valence-electron chi connectivity index (χ1n) is 10.8. The van der Waals surface area contributed by atoms with Crippen molar-refractivity contribution in [1.82, 2.24) is 5.06 Å². The molecule has 0 amide bonds. The third-order valence-corrected chi connectivity index (χ3v) is 5.87. The zero-order valence-corrected chi connectivity index (χ0v) is 19.5. The van der Waals surface area contributed by atoms with Crippen LogP contribution in [0.15, 0.2) is 36.4 Å². The summed E-state index contributed by atoms with van der Waals surface area (Å²) in [4.78, 5) is 18.0. The lowest BCUT2D eigenvalue weighted by molar-refractivity contribution is -0.266. The zero-order chi connectivity index (χ0) is 23.7. The van der Waals surface area contributed by atoms with Crippen molar-refractivity contribution in [3.8, 4) is 11.5 Å². The first-order valence-corrected chi connectivity index (χ1v) is 10.8. The lowest BCUT2D eigenvalue weighted by Crippen LogP contribution is -2.59. The minimum Gasteiger partial charge on any atom is -0.494 e. The molecule has 0 unspecified atom stereocenters. The van der Waals surface area contributed by atoms with Gasteiger partial charge in [0.2, 0.25) is 0 Å². The second-order valence-electron chi connectivity index (χ2n) is 9.35. The average Bonchev–Trinajstić information content (AvgIpc) is 2.66. The maximum atomic E-state index is 15.1. The Morgan fingerprint density at radius 2 is 1.59 bits per heavy atom. The van der Waals surface area contributed by atoms with Crippen LogP contribution in [-0.2, 0) is 4.84 Å². The highest BCUT2D eigenvalue weighted by molar-refractivity contribution is 5.91. The number of ether oxygens (including phenoxy) is 2. The SMILES string of the molecule is CCOc1ccc(C(=O)Oc2ccc(C3CC(C)(C)N(OC)C(C)(C)C3)c(F)c2)c(F)c1. The quantitative estimate of drug-likeness (QED) is 0.409. The molecule has 0 aliphatic carbocycles. The molecule has 1 aliphatic rings. The molecule has 0 radical (unpaired) electrons. The van der Waals surface area contributed by atoms with E-state index in [0.717, 1.165) is 6.07 Å². The van der Waals surface area contributed by atoms with Crippen LogP contribution in [0.2, 0.25) is 0 Å². The van der Waals surface area contributed by atoms with Crippen molar-refractivity contribution in [2.24, 2.45) is 0 Å². The highest BCUT2D eigenvalue weighted by Crippen LogP contribution is 2.46. The number of hydroxylamine groups is 2. The minimum atomic E-state index is -0.895. The summed E-state index contributed by atoms with van der Waals surface area (Å²) in [5.41, 5.74) is -0.254. The van der Waals surface area contributed by atoms with Gasteiger partial charge in [0.1, 0.15) is 23.1 Å². The molecule has 1 fully saturated rings. The van der Waals surface area contributed by atoms with Crippen molar-refractivity contribution in [2.45, 2.75) is 64.5 Å². The van der Waals surface area contributed by atoms with Crippen LogP contribution in [0.1, 0.15) is 69.3 Å². The van der Waals surface area contributed by atoms with Crippen molar-refractivity contribution in [3.05, 3.63) is 59.2 Å². The number of hydrogen-bond donors (Lipinski definition) is 0. The van der Waals surface area contributed by atoms with E-state index in [-0.39, 0.29) is 28.3 Å². The fourth-order valence-corrected chi connectivity index (χ4v) is 4.96. The minimum absolute atomic E-state index is 0.0254. The van der Waals surface area contributed by atoms with Crippen molar-refractivity contribution < 1.29 is 27.9 Å². The van der Waals surface area contributed by atoms with Gasteiger partial charge in [-0.3, -0.25) is 0 Å². The monoisotopic (exact) mass is 447 g/mol. The summed E-state index contributed by atoms with van der Waals surface area (Å²) in [6.45, 7) is 10.5. The summed E-state index contributed by atoms with van der Waals surface area (Å²) >= 11 is 0. The predicted molar refractivity (Wildman–Crippen MR) is 118 cm³/mol. The van der Waals surface area contributed by atoms with Gasteiger partial charge >= 0.3 is 5.97 Å². The molecule has 0 atom stereocenters. The van der Waals surface area contributed by atoms with Crippen molar-refractivity contribution in [2.75, 3.05) is 13.7 Å². The summed E-state index contributed by atoms with van der Waals surface area (Å²) in [6.07, 6.45) is 1.41. The van der Waals surface area contributed by atoms with E-state index in [1.807, 2.05) is 5.06 Å². The van der Waals surface area contributed by atoms with E-state index in [0.29, 0.717) is 30.8 Å². The van der Waals surface area contributed by atoms with Crippen LogP contribution in [-0.4, -0.2) is 35.8 Å². The number of hydrogen-bond acceptors (Lipinski definition) is 5. The Bertz CT molecular complexity index is 972. The Kier molecular flexibility index (Phi) is 6.91. The number of esters is 1. The summed E-state index contributed by atoms with van der Waals surface area (Å²) in [6, 6.07) is 8.28. The fourth-order valence-electron chi connectivity index (χ4n) is 4.96. The van der Waals surface area contributed by atoms with Gasteiger partial charge in [-0.05, 0) is 77.1 Å². The lowest BCUT2D eigenvalue weighted by Gasteiger charge is -2.53. The molecule has 174 valence electrons. The van der Waals surface area contributed by atoms with Crippen LogP contribution in [0.3, 0.4) is 0 Å².